The molecule has 1 atom stereocenters. The molecule has 2 N–H and O–H groups in total. The molecule has 1 saturated heterocycles. The van der Waals surface area contributed by atoms with Gasteiger partial charge in [0.1, 0.15) is 11.6 Å². The number of carbonyl (C=O) groups excluding carboxylic acids is 1. The van der Waals surface area contributed by atoms with E-state index in [0.717, 1.165) is 55.5 Å². The number of aliphatic hydroxyl groups is 1. The third kappa shape index (κ3) is 4.86. The van der Waals surface area contributed by atoms with Crippen molar-refractivity contribution in [2.45, 2.75) is 58.4 Å². The van der Waals surface area contributed by atoms with Crippen molar-refractivity contribution in [1.82, 2.24) is 4.90 Å². The number of carbonyl (C=O) groups is 1. The summed E-state index contributed by atoms with van der Waals surface area (Å²) in [6, 6.07) is 8.26. The molecule has 1 aliphatic rings. The second-order valence-corrected chi connectivity index (χ2v) is 6.67. The minimum absolute atomic E-state index is 0.114. The number of nitrogens with one attached hydrogen (secondary N) is 1. The van der Waals surface area contributed by atoms with Gasteiger partial charge in [-0.1, -0.05) is 32.0 Å². The number of aliphatic hydroxyl groups excluding tert-OH is 1. The lowest BCUT2D eigenvalue weighted by Crippen LogP contribution is -2.37. The van der Waals surface area contributed by atoms with Gasteiger partial charge in [-0.2, -0.15) is 5.26 Å². The zero-order valence-electron chi connectivity index (χ0n) is 15.8. The Labute approximate surface area is 156 Å². The number of para-hydroxylation sites is 1. The minimum atomic E-state index is -0.364. The number of nitriles is 1. The Kier molecular flexibility index (Phi) is 7.68. The van der Waals surface area contributed by atoms with E-state index in [0.29, 0.717) is 6.42 Å². The van der Waals surface area contributed by atoms with E-state index in [1.54, 1.807) is 6.20 Å². The molecule has 1 aromatic carbocycles. The molecule has 0 spiro atoms. The van der Waals surface area contributed by atoms with E-state index in [-0.39, 0.29) is 24.1 Å². The predicted octanol–water partition coefficient (Wildman–Crippen LogP) is 3.39. The molecule has 1 unspecified atom stereocenters. The molecule has 1 aromatic rings. The van der Waals surface area contributed by atoms with Crippen LogP contribution in [0.3, 0.4) is 0 Å². The van der Waals surface area contributed by atoms with E-state index in [1.807, 2.05) is 23.1 Å². The molecular weight excluding hydrogens is 326 g/mol. The van der Waals surface area contributed by atoms with Crippen LogP contribution in [-0.2, 0) is 17.6 Å². The zero-order chi connectivity index (χ0) is 18.9. The van der Waals surface area contributed by atoms with Crippen molar-refractivity contribution in [1.29, 1.82) is 5.26 Å². The number of hydrogen-bond acceptors (Lipinski definition) is 4. The molecule has 5 nitrogen and oxygen atoms in total. The summed E-state index contributed by atoms with van der Waals surface area (Å²) in [6.45, 7) is 5.04. The van der Waals surface area contributed by atoms with E-state index in [9.17, 15) is 15.2 Å². The largest absolute Gasteiger partial charge is 0.396 e. The van der Waals surface area contributed by atoms with Crippen molar-refractivity contribution < 1.29 is 9.90 Å². The lowest BCUT2D eigenvalue weighted by molar-refractivity contribution is -0.112. The predicted molar refractivity (Wildman–Crippen MR) is 104 cm³/mol. The van der Waals surface area contributed by atoms with Gasteiger partial charge in [0, 0.05) is 31.1 Å². The summed E-state index contributed by atoms with van der Waals surface area (Å²) in [5.74, 6) is -0.364. The average Bonchev–Trinajstić information content (AvgIpc) is 2.67. The molecule has 140 valence electrons. The maximum Gasteiger partial charge on any atom is 0.267 e. The quantitative estimate of drug-likeness (QED) is 0.581. The standard InChI is InChI=1S/C21H29N3O2/c1-3-16-8-7-9-17(4-2)20(16)23-21(26)18(14-22)15-24-12-6-5-10-19(24)11-13-25/h7-9,15,19,25H,3-6,10-13H2,1-2H3,(H,23,26)/b18-15-. The fourth-order valence-electron chi connectivity index (χ4n) is 3.54. The molecular formula is C21H29N3O2. The van der Waals surface area contributed by atoms with Gasteiger partial charge in [-0.25, -0.2) is 0 Å². The number of amides is 1. The molecule has 2 rings (SSSR count). The third-order valence-corrected chi connectivity index (χ3v) is 5.03. The zero-order valence-corrected chi connectivity index (χ0v) is 15.8. The molecule has 26 heavy (non-hydrogen) atoms. The van der Waals surface area contributed by atoms with Gasteiger partial charge in [-0.3, -0.25) is 4.79 Å². The number of rotatable bonds is 7. The highest BCUT2D eigenvalue weighted by atomic mass is 16.3. The summed E-state index contributed by atoms with van der Waals surface area (Å²) in [4.78, 5) is 14.8. The maximum absolute atomic E-state index is 12.7. The molecule has 0 bridgehead atoms. The summed E-state index contributed by atoms with van der Waals surface area (Å²) in [6.07, 6.45) is 7.12. The van der Waals surface area contributed by atoms with Crippen molar-refractivity contribution in [2.75, 3.05) is 18.5 Å². The molecule has 0 saturated carbocycles. The number of likely N-dealkylation sites (tertiary alicyclic amines) is 1. The first-order chi connectivity index (χ1) is 12.6. The molecule has 0 radical (unpaired) electrons. The molecule has 1 heterocycles. The maximum atomic E-state index is 12.7. The summed E-state index contributed by atoms with van der Waals surface area (Å²) in [5, 5.41) is 21.7. The third-order valence-electron chi connectivity index (χ3n) is 5.03. The van der Waals surface area contributed by atoms with Crippen LogP contribution in [0.1, 0.15) is 50.7 Å². The number of hydrogen-bond donors (Lipinski definition) is 2. The van der Waals surface area contributed by atoms with E-state index < -0.39 is 0 Å². The van der Waals surface area contributed by atoms with Crippen LogP contribution in [0.2, 0.25) is 0 Å². The Morgan fingerprint density at radius 3 is 2.62 bits per heavy atom. The summed E-state index contributed by atoms with van der Waals surface area (Å²) < 4.78 is 0. The molecule has 1 fully saturated rings. The summed E-state index contributed by atoms with van der Waals surface area (Å²) in [7, 11) is 0. The SMILES string of the molecule is CCc1cccc(CC)c1NC(=O)/C(C#N)=C\N1CCCCC1CCO. The lowest BCUT2D eigenvalue weighted by Gasteiger charge is -2.34. The fourth-order valence-corrected chi connectivity index (χ4v) is 3.54. The highest BCUT2D eigenvalue weighted by molar-refractivity contribution is 6.07. The van der Waals surface area contributed by atoms with Crippen LogP contribution in [0.25, 0.3) is 0 Å². The Morgan fingerprint density at radius 1 is 1.35 bits per heavy atom. The Hall–Kier alpha value is -2.32. The Morgan fingerprint density at radius 2 is 2.04 bits per heavy atom. The normalized spacial score (nSPS) is 17.7. The fraction of sp³-hybridized carbons (Fsp3) is 0.524. The first-order valence-electron chi connectivity index (χ1n) is 9.55. The first kappa shape index (κ1) is 20.0. The van der Waals surface area contributed by atoms with Gasteiger partial charge in [-0.05, 0) is 49.7 Å². The van der Waals surface area contributed by atoms with Gasteiger partial charge in [0.15, 0.2) is 0 Å². The van der Waals surface area contributed by atoms with E-state index in [1.165, 1.54) is 0 Å². The Bertz CT molecular complexity index is 667. The van der Waals surface area contributed by atoms with Crippen molar-refractivity contribution >= 4 is 11.6 Å². The van der Waals surface area contributed by atoms with E-state index >= 15 is 0 Å². The van der Waals surface area contributed by atoms with Crippen molar-refractivity contribution in [2.24, 2.45) is 0 Å². The summed E-state index contributed by atoms with van der Waals surface area (Å²) in [5.41, 5.74) is 3.09. The van der Waals surface area contributed by atoms with Crippen molar-refractivity contribution in [3.8, 4) is 6.07 Å². The highest BCUT2D eigenvalue weighted by Crippen LogP contribution is 2.24. The second-order valence-electron chi connectivity index (χ2n) is 6.67. The first-order valence-corrected chi connectivity index (χ1v) is 9.55. The van der Waals surface area contributed by atoms with Gasteiger partial charge in [0.2, 0.25) is 0 Å². The van der Waals surface area contributed by atoms with Crippen LogP contribution in [-0.4, -0.2) is 35.1 Å². The van der Waals surface area contributed by atoms with Crippen molar-refractivity contribution in [3.63, 3.8) is 0 Å². The number of aryl methyl sites for hydroxylation is 2. The van der Waals surface area contributed by atoms with Crippen LogP contribution in [0.4, 0.5) is 5.69 Å². The van der Waals surface area contributed by atoms with Gasteiger partial charge < -0.3 is 15.3 Å². The molecule has 5 heteroatoms. The van der Waals surface area contributed by atoms with E-state index in [2.05, 4.69) is 25.2 Å². The lowest BCUT2D eigenvalue weighted by atomic mass is 9.99. The monoisotopic (exact) mass is 355 g/mol. The topological polar surface area (TPSA) is 76.4 Å². The smallest absolute Gasteiger partial charge is 0.267 e. The van der Waals surface area contributed by atoms with Gasteiger partial charge in [0.05, 0.1) is 0 Å². The molecule has 1 amide bonds. The number of piperidine rings is 1. The van der Waals surface area contributed by atoms with Crippen LogP contribution >= 0.6 is 0 Å². The van der Waals surface area contributed by atoms with E-state index in [4.69, 9.17) is 0 Å². The highest BCUT2D eigenvalue weighted by Gasteiger charge is 2.22. The van der Waals surface area contributed by atoms with Crippen molar-refractivity contribution in [3.05, 3.63) is 41.1 Å². The van der Waals surface area contributed by atoms with Crippen LogP contribution in [0, 0.1) is 11.3 Å². The van der Waals surface area contributed by atoms with Gasteiger partial charge >= 0.3 is 0 Å². The second kappa shape index (κ2) is 9.98. The molecule has 0 aliphatic carbocycles. The minimum Gasteiger partial charge on any atom is -0.396 e. The number of benzene rings is 1. The van der Waals surface area contributed by atoms with Crippen LogP contribution < -0.4 is 5.32 Å². The average molecular weight is 355 g/mol. The number of anilines is 1. The van der Waals surface area contributed by atoms with Crippen LogP contribution in [0.5, 0.6) is 0 Å². The molecule has 0 aromatic heterocycles. The Balaban J connectivity index is 2.23. The molecule has 1 aliphatic heterocycles. The number of nitrogens with zero attached hydrogens (tertiary/aromatic N) is 2. The van der Waals surface area contributed by atoms with Crippen LogP contribution in [0.15, 0.2) is 30.0 Å². The summed E-state index contributed by atoms with van der Waals surface area (Å²) >= 11 is 0. The van der Waals surface area contributed by atoms with Gasteiger partial charge in [-0.15, -0.1) is 0 Å². The van der Waals surface area contributed by atoms with Gasteiger partial charge in [0.25, 0.3) is 5.91 Å².